The maximum Gasteiger partial charge on any atom is 0.235 e. The second-order valence-electron chi connectivity index (χ2n) is 5.34. The second kappa shape index (κ2) is 8.43. The van der Waals surface area contributed by atoms with Crippen LogP contribution in [-0.4, -0.2) is 21.3 Å². The van der Waals surface area contributed by atoms with Crippen LogP contribution in [0.3, 0.4) is 0 Å². The van der Waals surface area contributed by atoms with Crippen molar-refractivity contribution in [3.8, 4) is 28.6 Å². The SMILES string of the molecule is CC.COc1ccc2c(=O)c(OC)c(-c3ccc(C)cc3)oc2c1OC. The number of hydrogen-bond donors (Lipinski definition) is 0. The van der Waals surface area contributed by atoms with Gasteiger partial charge in [0.15, 0.2) is 17.1 Å². The summed E-state index contributed by atoms with van der Waals surface area (Å²) in [5, 5.41) is 0.375. The zero-order valence-electron chi connectivity index (χ0n) is 16.0. The van der Waals surface area contributed by atoms with E-state index in [9.17, 15) is 4.79 Å². The average Bonchev–Trinajstić information content (AvgIpc) is 2.69. The zero-order valence-corrected chi connectivity index (χ0v) is 16.0. The van der Waals surface area contributed by atoms with Crippen molar-refractivity contribution in [2.24, 2.45) is 0 Å². The molecule has 0 bridgehead atoms. The van der Waals surface area contributed by atoms with Crippen molar-refractivity contribution in [1.29, 1.82) is 0 Å². The Morgan fingerprint density at radius 2 is 1.42 bits per heavy atom. The van der Waals surface area contributed by atoms with E-state index in [-0.39, 0.29) is 11.2 Å². The van der Waals surface area contributed by atoms with E-state index >= 15 is 0 Å². The molecule has 3 rings (SSSR count). The van der Waals surface area contributed by atoms with Crippen molar-refractivity contribution in [2.75, 3.05) is 21.3 Å². The predicted molar refractivity (Wildman–Crippen MR) is 104 cm³/mol. The molecule has 3 aromatic rings. The number of ether oxygens (including phenoxy) is 3. The lowest BCUT2D eigenvalue weighted by Gasteiger charge is -2.13. The Morgan fingerprint density at radius 1 is 0.808 bits per heavy atom. The van der Waals surface area contributed by atoms with Gasteiger partial charge in [0.25, 0.3) is 0 Å². The molecule has 0 aliphatic rings. The van der Waals surface area contributed by atoms with Crippen LogP contribution in [0.5, 0.6) is 17.2 Å². The number of methoxy groups -OCH3 is 3. The molecule has 0 saturated heterocycles. The highest BCUT2D eigenvalue weighted by atomic mass is 16.5. The second-order valence-corrected chi connectivity index (χ2v) is 5.34. The molecule has 138 valence electrons. The average molecular weight is 356 g/mol. The lowest BCUT2D eigenvalue weighted by Crippen LogP contribution is -2.08. The molecule has 0 aliphatic heterocycles. The molecule has 0 N–H and O–H groups in total. The molecular formula is C21H24O5. The Morgan fingerprint density at radius 3 is 1.96 bits per heavy atom. The first-order valence-corrected chi connectivity index (χ1v) is 8.43. The van der Waals surface area contributed by atoms with Gasteiger partial charge in [0.2, 0.25) is 16.9 Å². The van der Waals surface area contributed by atoms with Crippen LogP contribution in [0, 0.1) is 6.92 Å². The molecule has 0 radical (unpaired) electrons. The summed E-state index contributed by atoms with van der Waals surface area (Å²) in [7, 11) is 4.50. The van der Waals surface area contributed by atoms with E-state index in [4.69, 9.17) is 18.6 Å². The minimum absolute atomic E-state index is 0.165. The predicted octanol–water partition coefficient (Wildman–Crippen LogP) is 4.82. The Labute approximate surface area is 153 Å². The van der Waals surface area contributed by atoms with E-state index < -0.39 is 0 Å². The van der Waals surface area contributed by atoms with Gasteiger partial charge in [-0.3, -0.25) is 4.79 Å². The molecule has 0 saturated carbocycles. The fourth-order valence-corrected chi connectivity index (χ4v) is 2.63. The molecule has 5 heteroatoms. The topological polar surface area (TPSA) is 57.9 Å². The molecule has 0 spiro atoms. The highest BCUT2D eigenvalue weighted by Crippen LogP contribution is 2.38. The van der Waals surface area contributed by atoms with Gasteiger partial charge in [-0.05, 0) is 19.1 Å². The molecule has 0 fully saturated rings. The zero-order chi connectivity index (χ0) is 19.3. The molecular weight excluding hydrogens is 332 g/mol. The highest BCUT2D eigenvalue weighted by Gasteiger charge is 2.21. The third-order valence-corrected chi connectivity index (χ3v) is 3.88. The van der Waals surface area contributed by atoms with Gasteiger partial charge in [-0.25, -0.2) is 0 Å². The summed E-state index contributed by atoms with van der Waals surface area (Å²) in [5.74, 6) is 1.40. The Balaban J connectivity index is 0.00000117. The normalized spacial score (nSPS) is 10.1. The first-order chi connectivity index (χ1) is 12.6. The van der Waals surface area contributed by atoms with Crippen LogP contribution in [-0.2, 0) is 0 Å². The summed E-state index contributed by atoms with van der Waals surface area (Å²) in [6, 6.07) is 11.0. The van der Waals surface area contributed by atoms with Gasteiger partial charge < -0.3 is 18.6 Å². The van der Waals surface area contributed by atoms with Crippen molar-refractivity contribution < 1.29 is 18.6 Å². The number of fused-ring (bicyclic) bond motifs is 1. The molecule has 0 unspecified atom stereocenters. The van der Waals surface area contributed by atoms with Gasteiger partial charge in [0.1, 0.15) is 0 Å². The fourth-order valence-electron chi connectivity index (χ4n) is 2.63. The van der Waals surface area contributed by atoms with Crippen LogP contribution in [0.4, 0.5) is 0 Å². The third-order valence-electron chi connectivity index (χ3n) is 3.88. The van der Waals surface area contributed by atoms with Crippen LogP contribution in [0.1, 0.15) is 19.4 Å². The summed E-state index contributed by atoms with van der Waals surface area (Å²) in [5.41, 5.74) is 1.94. The van der Waals surface area contributed by atoms with Crippen molar-refractivity contribution in [3.63, 3.8) is 0 Å². The lowest BCUT2D eigenvalue weighted by molar-refractivity contribution is 0.351. The highest BCUT2D eigenvalue weighted by molar-refractivity contribution is 5.88. The van der Waals surface area contributed by atoms with Crippen LogP contribution < -0.4 is 19.6 Å². The molecule has 26 heavy (non-hydrogen) atoms. The first kappa shape index (κ1) is 19.4. The Hall–Kier alpha value is -2.95. The van der Waals surface area contributed by atoms with Crippen molar-refractivity contribution in [3.05, 3.63) is 52.2 Å². The largest absolute Gasteiger partial charge is 0.493 e. The van der Waals surface area contributed by atoms with Gasteiger partial charge in [-0.2, -0.15) is 0 Å². The van der Waals surface area contributed by atoms with Gasteiger partial charge in [-0.15, -0.1) is 0 Å². The molecule has 5 nitrogen and oxygen atoms in total. The van der Waals surface area contributed by atoms with E-state index in [2.05, 4.69) is 0 Å². The van der Waals surface area contributed by atoms with E-state index in [1.54, 1.807) is 12.1 Å². The molecule has 0 atom stereocenters. The quantitative estimate of drug-likeness (QED) is 0.671. The summed E-state index contributed by atoms with van der Waals surface area (Å²) < 4.78 is 22.0. The number of benzene rings is 2. The van der Waals surface area contributed by atoms with Gasteiger partial charge >= 0.3 is 0 Å². The third kappa shape index (κ3) is 3.38. The Bertz CT molecular complexity index is 939. The number of hydrogen-bond acceptors (Lipinski definition) is 5. The summed E-state index contributed by atoms with van der Waals surface area (Å²) >= 11 is 0. The van der Waals surface area contributed by atoms with Crippen LogP contribution in [0.15, 0.2) is 45.6 Å². The van der Waals surface area contributed by atoms with E-state index in [0.717, 1.165) is 11.1 Å². The van der Waals surface area contributed by atoms with Crippen LogP contribution in [0.2, 0.25) is 0 Å². The van der Waals surface area contributed by atoms with Crippen molar-refractivity contribution in [2.45, 2.75) is 20.8 Å². The maximum absolute atomic E-state index is 12.8. The van der Waals surface area contributed by atoms with Gasteiger partial charge in [-0.1, -0.05) is 43.7 Å². The first-order valence-electron chi connectivity index (χ1n) is 8.43. The maximum atomic E-state index is 12.8. The number of aryl methyl sites for hydroxylation is 1. The summed E-state index contributed by atoms with van der Waals surface area (Å²) in [6.07, 6.45) is 0. The molecule has 0 aliphatic carbocycles. The molecule has 2 aromatic carbocycles. The van der Waals surface area contributed by atoms with E-state index in [0.29, 0.717) is 28.2 Å². The van der Waals surface area contributed by atoms with E-state index in [1.807, 2.05) is 45.0 Å². The summed E-state index contributed by atoms with van der Waals surface area (Å²) in [4.78, 5) is 12.8. The minimum Gasteiger partial charge on any atom is -0.493 e. The smallest absolute Gasteiger partial charge is 0.235 e. The fraction of sp³-hybridized carbons (Fsp3) is 0.286. The molecule has 0 amide bonds. The van der Waals surface area contributed by atoms with Gasteiger partial charge in [0, 0.05) is 5.56 Å². The van der Waals surface area contributed by atoms with Crippen molar-refractivity contribution in [1.82, 2.24) is 0 Å². The van der Waals surface area contributed by atoms with Crippen molar-refractivity contribution >= 4 is 11.0 Å². The number of rotatable bonds is 4. The standard InChI is InChI=1S/C19H18O5.C2H6/c1-11-5-7-12(8-6-11)16-19(23-4)15(20)13-9-10-14(21-2)18(22-3)17(13)24-16;1-2/h5-10H,1-4H3;1-2H3. The minimum atomic E-state index is -0.254. The lowest BCUT2D eigenvalue weighted by atomic mass is 10.1. The Kier molecular flexibility index (Phi) is 6.28. The molecule has 1 aromatic heterocycles. The summed E-state index contributed by atoms with van der Waals surface area (Å²) in [6.45, 7) is 5.99. The van der Waals surface area contributed by atoms with E-state index in [1.165, 1.54) is 21.3 Å². The van der Waals surface area contributed by atoms with Crippen LogP contribution in [0.25, 0.3) is 22.3 Å². The van der Waals surface area contributed by atoms with Gasteiger partial charge in [0.05, 0.1) is 26.7 Å². The monoisotopic (exact) mass is 356 g/mol. The molecule has 1 heterocycles. The van der Waals surface area contributed by atoms with Crippen LogP contribution >= 0.6 is 0 Å².